The highest BCUT2D eigenvalue weighted by Crippen LogP contribution is 2.39. The van der Waals surface area contributed by atoms with E-state index >= 15 is 0 Å². The molecule has 1 aromatic carbocycles. The third-order valence-corrected chi connectivity index (χ3v) is 6.78. The van der Waals surface area contributed by atoms with Crippen molar-refractivity contribution in [1.29, 1.82) is 0 Å². The summed E-state index contributed by atoms with van der Waals surface area (Å²) in [6.07, 6.45) is 5.93. The molecule has 3 rings (SSSR count). The van der Waals surface area contributed by atoms with Gasteiger partial charge in [0.05, 0.1) is 32.6 Å². The molecule has 2 amide bonds. The molecule has 10 heteroatoms. The van der Waals surface area contributed by atoms with Crippen LogP contribution in [0.1, 0.15) is 62.9 Å². The first kappa shape index (κ1) is 29.0. The molecule has 1 aliphatic rings. The molecule has 0 bridgehead atoms. The quantitative estimate of drug-likeness (QED) is 0.404. The lowest BCUT2D eigenvalue weighted by Gasteiger charge is -2.26. The lowest BCUT2D eigenvalue weighted by Crippen LogP contribution is -2.49. The molecule has 0 spiro atoms. The molecule has 10 nitrogen and oxygen atoms in total. The van der Waals surface area contributed by atoms with Crippen LogP contribution in [0.2, 0.25) is 0 Å². The van der Waals surface area contributed by atoms with Crippen molar-refractivity contribution < 1.29 is 28.6 Å². The zero-order valence-corrected chi connectivity index (χ0v) is 23.0. The van der Waals surface area contributed by atoms with Crippen molar-refractivity contribution in [1.82, 2.24) is 20.4 Å². The maximum Gasteiger partial charge on any atom is 0.325 e. The average Bonchev–Trinajstić information content (AvgIpc) is 3.33. The number of hydrogen-bond acceptors (Lipinski definition) is 7. The van der Waals surface area contributed by atoms with Crippen LogP contribution in [-0.4, -0.2) is 61.5 Å². The van der Waals surface area contributed by atoms with E-state index in [-0.39, 0.29) is 18.2 Å². The van der Waals surface area contributed by atoms with Crippen molar-refractivity contribution in [3.05, 3.63) is 30.0 Å². The Morgan fingerprint density at radius 2 is 1.71 bits per heavy atom. The number of methoxy groups -OCH3 is 3. The number of nitrogens with zero attached hydrogens (tertiary/aromatic N) is 2. The molecule has 1 atom stereocenters. The van der Waals surface area contributed by atoms with Gasteiger partial charge in [0.1, 0.15) is 24.1 Å². The van der Waals surface area contributed by atoms with E-state index in [9.17, 15) is 14.4 Å². The standard InChI is InChI=1S/C28H40N4O6/c1-18(2)17-32-22(26-23(36-3)12-9-13-24(26)37-4)15-21(31-32)28(35)30-20(14-19-10-7-6-8-11-19)27(34)29-16-25(33)38-5/h9,12-13,15,18-20H,6-8,10-11,14,16-17H2,1-5H3,(H,29,34)(H,30,35). The molecule has 0 aliphatic heterocycles. The predicted molar refractivity (Wildman–Crippen MR) is 143 cm³/mol. The van der Waals surface area contributed by atoms with Gasteiger partial charge in [-0.05, 0) is 36.5 Å². The lowest BCUT2D eigenvalue weighted by molar-refractivity contribution is -0.141. The van der Waals surface area contributed by atoms with Crippen molar-refractivity contribution in [2.45, 2.75) is 65.0 Å². The van der Waals surface area contributed by atoms with Gasteiger partial charge in [-0.3, -0.25) is 19.1 Å². The largest absolute Gasteiger partial charge is 0.496 e. The molecule has 208 valence electrons. The molecule has 1 fully saturated rings. The smallest absolute Gasteiger partial charge is 0.325 e. The van der Waals surface area contributed by atoms with Crippen molar-refractivity contribution in [2.24, 2.45) is 11.8 Å². The first-order valence-electron chi connectivity index (χ1n) is 13.2. The molecule has 2 aromatic rings. The zero-order chi connectivity index (χ0) is 27.7. The lowest BCUT2D eigenvalue weighted by atomic mass is 9.84. The van der Waals surface area contributed by atoms with Crippen molar-refractivity contribution >= 4 is 17.8 Å². The summed E-state index contributed by atoms with van der Waals surface area (Å²) in [6.45, 7) is 4.44. The normalized spacial score (nSPS) is 14.6. The van der Waals surface area contributed by atoms with Crippen LogP contribution in [0.5, 0.6) is 11.5 Å². The number of carbonyl (C=O) groups is 3. The van der Waals surface area contributed by atoms with Crippen LogP contribution in [0, 0.1) is 11.8 Å². The fourth-order valence-electron chi connectivity index (χ4n) is 4.89. The third kappa shape index (κ3) is 7.49. The van der Waals surface area contributed by atoms with Crippen LogP contribution in [-0.2, 0) is 20.9 Å². The maximum atomic E-state index is 13.5. The van der Waals surface area contributed by atoms with Crippen LogP contribution in [0.15, 0.2) is 24.3 Å². The van der Waals surface area contributed by atoms with Gasteiger partial charge in [0.2, 0.25) is 5.91 Å². The number of ether oxygens (including phenoxy) is 3. The Hall–Kier alpha value is -3.56. The Labute approximate surface area is 224 Å². The number of esters is 1. The Morgan fingerprint density at radius 3 is 2.29 bits per heavy atom. The Bertz CT molecular complexity index is 1080. The SMILES string of the molecule is COC(=O)CNC(=O)C(CC1CCCCC1)NC(=O)c1cc(-c2c(OC)cccc2OC)n(CC(C)C)n1. The van der Waals surface area contributed by atoms with E-state index in [1.165, 1.54) is 13.5 Å². The molecule has 1 heterocycles. The zero-order valence-electron chi connectivity index (χ0n) is 23.0. The van der Waals surface area contributed by atoms with Crippen molar-refractivity contribution in [3.63, 3.8) is 0 Å². The number of aromatic nitrogens is 2. The molecule has 0 radical (unpaired) electrons. The number of benzene rings is 1. The van der Waals surface area contributed by atoms with E-state index in [2.05, 4.69) is 34.3 Å². The number of amides is 2. The summed E-state index contributed by atoms with van der Waals surface area (Å²) >= 11 is 0. The molecular formula is C28H40N4O6. The minimum Gasteiger partial charge on any atom is -0.496 e. The van der Waals surface area contributed by atoms with E-state index in [0.29, 0.717) is 41.6 Å². The highest BCUT2D eigenvalue weighted by Gasteiger charge is 2.29. The minimum absolute atomic E-state index is 0.183. The summed E-state index contributed by atoms with van der Waals surface area (Å²) in [5.41, 5.74) is 1.56. The fraction of sp³-hybridized carbons (Fsp3) is 0.571. The van der Waals surface area contributed by atoms with Gasteiger partial charge in [0.25, 0.3) is 5.91 Å². The first-order chi connectivity index (χ1) is 18.3. The van der Waals surface area contributed by atoms with Crippen LogP contribution >= 0.6 is 0 Å². The summed E-state index contributed by atoms with van der Waals surface area (Å²) in [5, 5.41) is 10.1. The highest BCUT2D eigenvalue weighted by molar-refractivity contribution is 5.97. The van der Waals surface area contributed by atoms with Gasteiger partial charge in [-0.25, -0.2) is 0 Å². The Kier molecular flexibility index (Phi) is 10.6. The fourth-order valence-corrected chi connectivity index (χ4v) is 4.89. The topological polar surface area (TPSA) is 121 Å². The molecule has 1 unspecified atom stereocenters. The molecule has 2 N–H and O–H groups in total. The molecular weight excluding hydrogens is 488 g/mol. The van der Waals surface area contributed by atoms with E-state index in [1.807, 2.05) is 18.2 Å². The van der Waals surface area contributed by atoms with Crippen LogP contribution in [0.3, 0.4) is 0 Å². The van der Waals surface area contributed by atoms with Crippen LogP contribution in [0.25, 0.3) is 11.3 Å². The van der Waals surface area contributed by atoms with Gasteiger partial charge in [0.15, 0.2) is 5.69 Å². The second-order valence-corrected chi connectivity index (χ2v) is 10.1. The summed E-state index contributed by atoms with van der Waals surface area (Å²) in [4.78, 5) is 38.1. The Balaban J connectivity index is 1.91. The van der Waals surface area contributed by atoms with Crippen molar-refractivity contribution in [2.75, 3.05) is 27.9 Å². The van der Waals surface area contributed by atoms with E-state index < -0.39 is 23.8 Å². The van der Waals surface area contributed by atoms with Gasteiger partial charge in [0, 0.05) is 6.54 Å². The van der Waals surface area contributed by atoms with Gasteiger partial charge in [-0.2, -0.15) is 5.10 Å². The van der Waals surface area contributed by atoms with Gasteiger partial charge >= 0.3 is 5.97 Å². The molecule has 1 saturated carbocycles. The second-order valence-electron chi connectivity index (χ2n) is 10.1. The van der Waals surface area contributed by atoms with E-state index in [4.69, 9.17) is 9.47 Å². The Morgan fingerprint density at radius 1 is 1.05 bits per heavy atom. The van der Waals surface area contributed by atoms with E-state index in [0.717, 1.165) is 25.7 Å². The van der Waals surface area contributed by atoms with Gasteiger partial charge in [-0.15, -0.1) is 0 Å². The maximum absolute atomic E-state index is 13.5. The third-order valence-electron chi connectivity index (χ3n) is 6.78. The van der Waals surface area contributed by atoms with Crippen molar-refractivity contribution in [3.8, 4) is 22.8 Å². The molecule has 1 aliphatic carbocycles. The summed E-state index contributed by atoms with van der Waals surface area (Å²) < 4.78 is 17.6. The second kappa shape index (κ2) is 13.8. The van der Waals surface area contributed by atoms with Crippen LogP contribution in [0.4, 0.5) is 0 Å². The highest BCUT2D eigenvalue weighted by atomic mass is 16.5. The molecule has 0 saturated heterocycles. The molecule has 1 aromatic heterocycles. The average molecular weight is 529 g/mol. The minimum atomic E-state index is -0.797. The monoisotopic (exact) mass is 528 g/mol. The number of rotatable bonds is 12. The summed E-state index contributed by atoms with van der Waals surface area (Å²) in [7, 11) is 4.42. The van der Waals surface area contributed by atoms with E-state index in [1.54, 1.807) is 25.0 Å². The summed E-state index contributed by atoms with van der Waals surface area (Å²) in [6, 6.07) is 6.39. The number of nitrogens with one attached hydrogen (secondary N) is 2. The summed E-state index contributed by atoms with van der Waals surface area (Å²) in [5.74, 6) is 0.346. The number of carbonyl (C=O) groups excluding carboxylic acids is 3. The van der Waals surface area contributed by atoms with Gasteiger partial charge in [-0.1, -0.05) is 52.0 Å². The molecule has 38 heavy (non-hydrogen) atoms. The van der Waals surface area contributed by atoms with Crippen LogP contribution < -0.4 is 20.1 Å². The predicted octanol–water partition coefficient (Wildman–Crippen LogP) is 3.58. The first-order valence-corrected chi connectivity index (χ1v) is 13.2. The van der Waals surface area contributed by atoms with Gasteiger partial charge < -0.3 is 24.8 Å². The number of hydrogen-bond donors (Lipinski definition) is 2.